The Balaban J connectivity index is 2.37. The Bertz CT molecular complexity index is 612. The highest BCUT2D eigenvalue weighted by molar-refractivity contribution is 7.11. The number of alkyl halides is 3. The molecule has 0 saturated heterocycles. The molecule has 20 heavy (non-hydrogen) atoms. The molecule has 8 heteroatoms. The van der Waals surface area contributed by atoms with Gasteiger partial charge in [0.1, 0.15) is 5.82 Å². The van der Waals surface area contributed by atoms with Gasteiger partial charge in [0.15, 0.2) is 5.01 Å². The molecule has 1 heterocycles. The van der Waals surface area contributed by atoms with Gasteiger partial charge < -0.3 is 5.32 Å². The van der Waals surface area contributed by atoms with Crippen molar-refractivity contribution in [2.24, 2.45) is 0 Å². The van der Waals surface area contributed by atoms with E-state index in [1.165, 1.54) is 12.1 Å². The van der Waals surface area contributed by atoms with Crippen molar-refractivity contribution in [1.82, 2.24) is 10.3 Å². The molecule has 1 atom stereocenters. The fourth-order valence-electron chi connectivity index (χ4n) is 1.72. The van der Waals surface area contributed by atoms with Gasteiger partial charge in [-0.25, -0.2) is 9.37 Å². The van der Waals surface area contributed by atoms with E-state index in [0.717, 1.165) is 6.20 Å². The second kappa shape index (κ2) is 5.67. The lowest BCUT2D eigenvalue weighted by Gasteiger charge is -2.14. The van der Waals surface area contributed by atoms with Gasteiger partial charge in [0, 0.05) is 11.1 Å². The minimum atomic E-state index is -4.48. The molecule has 1 N–H and O–H groups in total. The molecule has 0 spiro atoms. The Hall–Kier alpha value is -1.18. The first-order valence-electron chi connectivity index (χ1n) is 5.48. The lowest BCUT2D eigenvalue weighted by atomic mass is 10.1. The smallest absolute Gasteiger partial charge is 0.309 e. The summed E-state index contributed by atoms with van der Waals surface area (Å²) in [6.07, 6.45) is -3.34. The lowest BCUT2D eigenvalue weighted by molar-refractivity contribution is -0.137. The van der Waals surface area contributed by atoms with Crippen LogP contribution in [0.3, 0.4) is 0 Å². The van der Waals surface area contributed by atoms with Crippen molar-refractivity contribution < 1.29 is 17.6 Å². The maximum absolute atomic E-state index is 13.4. The second-order valence-corrected chi connectivity index (χ2v) is 5.43. The number of halogens is 5. The third-order valence-corrected chi connectivity index (χ3v) is 4.03. The van der Waals surface area contributed by atoms with Crippen LogP contribution in [0.1, 0.15) is 21.5 Å². The van der Waals surface area contributed by atoms with E-state index in [0.29, 0.717) is 21.8 Å². The van der Waals surface area contributed by atoms with Gasteiger partial charge in [-0.15, -0.1) is 11.3 Å². The highest BCUT2D eigenvalue weighted by atomic mass is 35.5. The fraction of sp³-hybridized carbons (Fsp3) is 0.250. The first kappa shape index (κ1) is 15.2. The summed E-state index contributed by atoms with van der Waals surface area (Å²) in [6, 6.07) is 3.54. The van der Waals surface area contributed by atoms with Gasteiger partial charge in [-0.1, -0.05) is 17.7 Å². The molecule has 2 nitrogen and oxygen atoms in total. The van der Waals surface area contributed by atoms with Gasteiger partial charge in [0.25, 0.3) is 0 Å². The van der Waals surface area contributed by atoms with Crippen molar-refractivity contribution in [2.45, 2.75) is 12.2 Å². The molecule has 2 rings (SSSR count). The molecule has 1 aromatic carbocycles. The van der Waals surface area contributed by atoms with Crippen LogP contribution in [-0.4, -0.2) is 12.0 Å². The fourth-order valence-corrected chi connectivity index (χ4v) is 2.76. The monoisotopic (exact) mass is 324 g/mol. The van der Waals surface area contributed by atoms with E-state index in [1.54, 1.807) is 13.1 Å². The summed E-state index contributed by atoms with van der Waals surface area (Å²) < 4.78 is 51.0. The number of nitrogens with zero attached hydrogens (tertiary/aromatic N) is 1. The van der Waals surface area contributed by atoms with Crippen LogP contribution in [0, 0.1) is 5.82 Å². The van der Waals surface area contributed by atoms with Crippen LogP contribution in [0.5, 0.6) is 0 Å². The molecule has 108 valence electrons. The molecule has 0 saturated carbocycles. The topological polar surface area (TPSA) is 24.9 Å². The van der Waals surface area contributed by atoms with Crippen LogP contribution < -0.4 is 5.32 Å². The lowest BCUT2D eigenvalue weighted by Crippen LogP contribution is -2.16. The van der Waals surface area contributed by atoms with Gasteiger partial charge >= 0.3 is 6.18 Å². The Morgan fingerprint density at radius 1 is 1.35 bits per heavy atom. The van der Waals surface area contributed by atoms with Crippen LogP contribution in [0.2, 0.25) is 5.02 Å². The maximum Gasteiger partial charge on any atom is 0.443 e. The standard InChI is InChI=1S/C12H9ClF4N2S/c1-18-10(6-2-3-7(13)8(14)4-6)9-5-19-11(20-9)12(15,16)17/h2-5,10,18H,1H3. The van der Waals surface area contributed by atoms with E-state index in [-0.39, 0.29) is 5.02 Å². The Labute approximate surface area is 121 Å². The third kappa shape index (κ3) is 3.11. The minimum Gasteiger partial charge on any atom is -0.309 e. The first-order chi connectivity index (χ1) is 9.32. The molecule has 1 aromatic heterocycles. The van der Waals surface area contributed by atoms with Crippen molar-refractivity contribution in [3.63, 3.8) is 0 Å². The van der Waals surface area contributed by atoms with Crippen LogP contribution in [-0.2, 0) is 6.18 Å². The van der Waals surface area contributed by atoms with E-state index >= 15 is 0 Å². The number of aromatic nitrogens is 1. The maximum atomic E-state index is 13.4. The average molecular weight is 325 g/mol. The van der Waals surface area contributed by atoms with Crippen molar-refractivity contribution >= 4 is 22.9 Å². The molecular weight excluding hydrogens is 316 g/mol. The van der Waals surface area contributed by atoms with Crippen molar-refractivity contribution in [1.29, 1.82) is 0 Å². The van der Waals surface area contributed by atoms with Crippen LogP contribution in [0.15, 0.2) is 24.4 Å². The zero-order chi connectivity index (χ0) is 14.9. The minimum absolute atomic E-state index is 0.0381. The number of rotatable bonds is 3. The molecule has 0 bridgehead atoms. The number of nitrogens with one attached hydrogen (secondary N) is 1. The van der Waals surface area contributed by atoms with Gasteiger partial charge in [0.05, 0.1) is 11.1 Å². The Morgan fingerprint density at radius 3 is 2.55 bits per heavy atom. The average Bonchev–Trinajstić information content (AvgIpc) is 2.84. The predicted molar refractivity (Wildman–Crippen MR) is 69.4 cm³/mol. The first-order valence-corrected chi connectivity index (χ1v) is 6.67. The second-order valence-electron chi connectivity index (χ2n) is 3.96. The summed E-state index contributed by atoms with van der Waals surface area (Å²) in [4.78, 5) is 3.70. The predicted octanol–water partition coefficient (Wildman–Crippen LogP) is 4.26. The molecule has 0 aliphatic rings. The molecule has 0 amide bonds. The molecule has 1 unspecified atom stereocenters. The Kier molecular flexibility index (Phi) is 4.31. The van der Waals surface area contributed by atoms with Crippen molar-refractivity contribution in [2.75, 3.05) is 7.05 Å². The van der Waals surface area contributed by atoms with Crippen LogP contribution in [0.25, 0.3) is 0 Å². The van der Waals surface area contributed by atoms with Crippen LogP contribution in [0.4, 0.5) is 17.6 Å². The van der Waals surface area contributed by atoms with E-state index in [4.69, 9.17) is 11.6 Å². The molecular formula is C12H9ClF4N2S. The summed E-state index contributed by atoms with van der Waals surface area (Å²) in [5.74, 6) is -0.620. The van der Waals surface area contributed by atoms with Gasteiger partial charge in [-0.05, 0) is 24.7 Å². The zero-order valence-corrected chi connectivity index (χ0v) is 11.7. The van der Waals surface area contributed by atoms with Crippen molar-refractivity contribution in [3.8, 4) is 0 Å². The third-order valence-electron chi connectivity index (χ3n) is 2.62. The molecule has 2 aromatic rings. The SMILES string of the molecule is CNC(c1ccc(Cl)c(F)c1)c1cnc(C(F)(F)F)s1. The van der Waals surface area contributed by atoms with Crippen molar-refractivity contribution in [3.05, 3.63) is 50.7 Å². The van der Waals surface area contributed by atoms with Gasteiger partial charge in [0.2, 0.25) is 0 Å². The highest BCUT2D eigenvalue weighted by Gasteiger charge is 2.35. The molecule has 0 aliphatic heterocycles. The van der Waals surface area contributed by atoms with Gasteiger partial charge in [-0.3, -0.25) is 0 Å². The normalized spacial score (nSPS) is 13.5. The summed E-state index contributed by atoms with van der Waals surface area (Å²) >= 11 is 6.11. The molecule has 0 radical (unpaired) electrons. The van der Waals surface area contributed by atoms with Gasteiger partial charge in [-0.2, -0.15) is 13.2 Å². The number of hydrogen-bond donors (Lipinski definition) is 1. The summed E-state index contributed by atoms with van der Waals surface area (Å²) in [5.41, 5.74) is 0.478. The summed E-state index contributed by atoms with van der Waals surface area (Å²) in [6.45, 7) is 0. The molecule has 0 fully saturated rings. The largest absolute Gasteiger partial charge is 0.443 e. The summed E-state index contributed by atoms with van der Waals surface area (Å²) in [7, 11) is 1.57. The highest BCUT2D eigenvalue weighted by Crippen LogP contribution is 2.36. The molecule has 0 aliphatic carbocycles. The van der Waals surface area contributed by atoms with E-state index in [1.807, 2.05) is 0 Å². The zero-order valence-electron chi connectivity index (χ0n) is 10.1. The van der Waals surface area contributed by atoms with E-state index in [9.17, 15) is 17.6 Å². The van der Waals surface area contributed by atoms with E-state index in [2.05, 4.69) is 10.3 Å². The van der Waals surface area contributed by atoms with E-state index < -0.39 is 23.0 Å². The Morgan fingerprint density at radius 2 is 2.05 bits per heavy atom. The summed E-state index contributed by atoms with van der Waals surface area (Å²) in [5, 5.41) is 1.87. The quantitative estimate of drug-likeness (QED) is 0.853. The number of benzene rings is 1. The number of hydrogen-bond acceptors (Lipinski definition) is 3. The number of thiazole rings is 1. The van der Waals surface area contributed by atoms with Crippen LogP contribution >= 0.6 is 22.9 Å².